The Morgan fingerprint density at radius 1 is 0.577 bits per heavy atom. The first-order valence-corrected chi connectivity index (χ1v) is 22.1. The molecule has 0 spiro atoms. The van der Waals surface area contributed by atoms with Gasteiger partial charge in [0.2, 0.25) is 0 Å². The van der Waals surface area contributed by atoms with Gasteiger partial charge in [0.1, 0.15) is 6.01 Å². The van der Waals surface area contributed by atoms with Gasteiger partial charge >= 0.3 is 0 Å². The Balaban J connectivity index is 1.40. The van der Waals surface area contributed by atoms with E-state index in [1.165, 1.54) is 58.2 Å². The number of hydrogen-bond acceptors (Lipinski definition) is 6. The van der Waals surface area contributed by atoms with Gasteiger partial charge in [0, 0.05) is 78.3 Å². The highest BCUT2D eigenvalue weighted by Gasteiger charge is 2.25. The lowest BCUT2D eigenvalue weighted by Gasteiger charge is -2.16. The highest BCUT2D eigenvalue weighted by Crippen LogP contribution is 2.54. The summed E-state index contributed by atoms with van der Waals surface area (Å²) in [7, 11) is 0. The maximum absolute atomic E-state index is 15.9. The van der Waals surface area contributed by atoms with Crippen molar-refractivity contribution in [2.75, 3.05) is 32.4 Å². The summed E-state index contributed by atoms with van der Waals surface area (Å²) in [6.07, 6.45) is 8.64. The molecular formula is C44H46F2O2S4. The van der Waals surface area contributed by atoms with E-state index in [-0.39, 0.29) is 5.13 Å². The van der Waals surface area contributed by atoms with Gasteiger partial charge in [-0.05, 0) is 73.8 Å². The molecule has 0 saturated heterocycles. The van der Waals surface area contributed by atoms with Gasteiger partial charge in [-0.25, -0.2) is 4.39 Å². The zero-order chi connectivity index (χ0) is 35.9. The molecule has 0 unspecified atom stereocenters. The smallest absolute Gasteiger partial charge is 0.180 e. The zero-order valence-electron chi connectivity index (χ0n) is 30.0. The normalized spacial score (nSPS) is 12.0. The molecule has 7 aromatic rings. The predicted octanol–water partition coefficient (Wildman–Crippen LogP) is 14.9. The van der Waals surface area contributed by atoms with Gasteiger partial charge < -0.3 is 9.47 Å². The van der Waals surface area contributed by atoms with Crippen molar-refractivity contribution >= 4 is 85.4 Å². The van der Waals surface area contributed by atoms with Crippen molar-refractivity contribution in [1.82, 2.24) is 0 Å². The predicted molar refractivity (Wildman–Crippen MR) is 225 cm³/mol. The highest BCUT2D eigenvalue weighted by molar-refractivity contribution is 7.99. The Morgan fingerprint density at radius 3 is 1.77 bits per heavy atom. The third kappa shape index (κ3) is 7.84. The average molecular weight is 773 g/mol. The number of ether oxygens (including phenoxy) is 2. The van der Waals surface area contributed by atoms with Crippen LogP contribution in [0.25, 0.3) is 61.9 Å². The summed E-state index contributed by atoms with van der Waals surface area (Å²) in [5.74, 6) is 0. The standard InChI is InChI=1S/C44H46F2O2S4/c1-3-5-22-47-24-14-13-20-31-26-34-40(36(38(31)49-28-45)29-16-9-7-10-17-29)50-43-35-27-33-32(21-15-25-48-23-6-4-2)44(46)52-39(33)37(41(35)51-42(34)43)30-18-11-8-12-19-30/h7-12,16-19,26-27H,3-6,13-15,20-25,28H2,1-2H3. The minimum Gasteiger partial charge on any atom is -0.381 e. The Labute approximate surface area is 322 Å². The van der Waals surface area contributed by atoms with Crippen LogP contribution < -0.4 is 0 Å². The van der Waals surface area contributed by atoms with Crippen molar-refractivity contribution in [2.24, 2.45) is 0 Å². The van der Waals surface area contributed by atoms with Gasteiger partial charge in [-0.3, -0.25) is 0 Å². The van der Waals surface area contributed by atoms with Crippen molar-refractivity contribution in [3.8, 4) is 22.3 Å². The number of thioether (sulfide) groups is 1. The van der Waals surface area contributed by atoms with Gasteiger partial charge in [-0.2, -0.15) is 4.39 Å². The number of thiophene rings is 3. The third-order valence-electron chi connectivity index (χ3n) is 9.71. The van der Waals surface area contributed by atoms with Crippen LogP contribution in [0.3, 0.4) is 0 Å². The first-order chi connectivity index (χ1) is 25.6. The summed E-state index contributed by atoms with van der Waals surface area (Å²) in [5, 5.41) is 3.33. The highest BCUT2D eigenvalue weighted by atomic mass is 32.2. The van der Waals surface area contributed by atoms with E-state index < -0.39 is 6.01 Å². The van der Waals surface area contributed by atoms with Gasteiger partial charge in [-0.1, -0.05) is 99.1 Å². The fraction of sp³-hybridized carbons (Fsp3) is 0.364. The third-order valence-corrected chi connectivity index (χ3v) is 14.3. The van der Waals surface area contributed by atoms with Crippen molar-refractivity contribution in [2.45, 2.75) is 76.5 Å². The molecular weight excluding hydrogens is 727 g/mol. The summed E-state index contributed by atoms with van der Waals surface area (Å²) in [4.78, 5) is 1.04. The number of halogens is 2. The number of fused-ring (bicyclic) bond motifs is 6. The molecule has 0 aliphatic rings. The second-order valence-corrected chi connectivity index (χ2v) is 17.2. The lowest BCUT2D eigenvalue weighted by molar-refractivity contribution is 0.127. The molecule has 3 heterocycles. The Hall–Kier alpha value is -2.85. The van der Waals surface area contributed by atoms with Crippen LogP contribution in [-0.2, 0) is 22.3 Å². The topological polar surface area (TPSA) is 18.5 Å². The van der Waals surface area contributed by atoms with Crippen LogP contribution in [0.5, 0.6) is 0 Å². The largest absolute Gasteiger partial charge is 0.381 e. The molecule has 0 amide bonds. The van der Waals surface area contributed by atoms with Crippen LogP contribution in [0.4, 0.5) is 8.78 Å². The molecule has 0 saturated carbocycles. The molecule has 0 fully saturated rings. The maximum Gasteiger partial charge on any atom is 0.180 e. The van der Waals surface area contributed by atoms with Crippen molar-refractivity contribution in [1.29, 1.82) is 0 Å². The molecule has 0 radical (unpaired) electrons. The SMILES string of the molecule is CCCCOCCCCc1cc2c(sc3c4cc5c(CCCOCCCC)c(F)sc5c(-c5ccccc5)c4sc23)c(-c2ccccc2)c1SCF. The molecule has 4 aromatic carbocycles. The Morgan fingerprint density at radius 2 is 1.13 bits per heavy atom. The molecule has 0 aliphatic carbocycles. The van der Waals surface area contributed by atoms with E-state index in [0.717, 1.165) is 114 Å². The fourth-order valence-electron chi connectivity index (χ4n) is 7.08. The molecule has 0 bridgehead atoms. The van der Waals surface area contributed by atoms with Crippen LogP contribution in [0.1, 0.15) is 69.9 Å². The lowest BCUT2D eigenvalue weighted by atomic mass is 9.97. The van der Waals surface area contributed by atoms with Crippen LogP contribution >= 0.6 is 45.8 Å². The van der Waals surface area contributed by atoms with E-state index >= 15 is 4.39 Å². The molecule has 8 heteroatoms. The number of alkyl halides is 1. The fourth-order valence-corrected chi connectivity index (χ4v) is 12.1. The lowest BCUT2D eigenvalue weighted by Crippen LogP contribution is -1.99. The summed E-state index contributed by atoms with van der Waals surface area (Å²) in [6, 6.07) is 25.1. The molecule has 3 aromatic heterocycles. The van der Waals surface area contributed by atoms with Crippen LogP contribution in [0.15, 0.2) is 77.7 Å². The van der Waals surface area contributed by atoms with Gasteiger partial charge in [0.05, 0.1) is 9.40 Å². The number of aryl methyl sites for hydroxylation is 2. The molecule has 0 atom stereocenters. The summed E-state index contributed by atoms with van der Waals surface area (Å²) < 4.78 is 47.9. The monoisotopic (exact) mass is 772 g/mol. The maximum atomic E-state index is 15.9. The molecule has 52 heavy (non-hydrogen) atoms. The van der Waals surface area contributed by atoms with Gasteiger partial charge in [0.15, 0.2) is 5.13 Å². The van der Waals surface area contributed by atoms with Crippen molar-refractivity contribution in [3.05, 3.63) is 89.1 Å². The van der Waals surface area contributed by atoms with Gasteiger partial charge in [0.25, 0.3) is 0 Å². The molecule has 272 valence electrons. The summed E-state index contributed by atoms with van der Waals surface area (Å²) in [6.45, 7) is 7.31. The second-order valence-electron chi connectivity index (χ2n) is 13.3. The van der Waals surface area contributed by atoms with Gasteiger partial charge in [-0.15, -0.1) is 34.0 Å². The van der Waals surface area contributed by atoms with E-state index in [9.17, 15) is 4.39 Å². The van der Waals surface area contributed by atoms with Crippen LogP contribution in [0.2, 0.25) is 0 Å². The molecule has 2 nitrogen and oxygen atoms in total. The van der Waals surface area contributed by atoms with E-state index in [4.69, 9.17) is 9.47 Å². The average Bonchev–Trinajstić information content (AvgIpc) is 3.81. The van der Waals surface area contributed by atoms with Crippen molar-refractivity contribution in [3.63, 3.8) is 0 Å². The van der Waals surface area contributed by atoms with Crippen LogP contribution in [0, 0.1) is 5.13 Å². The summed E-state index contributed by atoms with van der Waals surface area (Å²) >= 11 is 6.22. The first-order valence-electron chi connectivity index (χ1n) is 18.7. The van der Waals surface area contributed by atoms with E-state index in [1.54, 1.807) is 11.3 Å². The Kier molecular flexibility index (Phi) is 13.0. The second kappa shape index (κ2) is 18.0. The van der Waals surface area contributed by atoms with E-state index in [1.807, 2.05) is 23.5 Å². The van der Waals surface area contributed by atoms with Crippen LogP contribution in [-0.4, -0.2) is 32.4 Å². The number of unbranched alkanes of at least 4 members (excludes halogenated alkanes) is 3. The quantitative estimate of drug-likeness (QED) is 0.0602. The number of rotatable bonds is 19. The zero-order valence-corrected chi connectivity index (χ0v) is 33.3. The summed E-state index contributed by atoms with van der Waals surface area (Å²) in [5.41, 5.74) is 6.48. The first kappa shape index (κ1) is 37.5. The minimum atomic E-state index is -0.476. The minimum absolute atomic E-state index is 0.0920. The van der Waals surface area contributed by atoms with E-state index in [2.05, 4.69) is 74.5 Å². The molecule has 7 rings (SSSR count). The van der Waals surface area contributed by atoms with Crippen molar-refractivity contribution < 1.29 is 18.3 Å². The van der Waals surface area contributed by atoms with E-state index in [0.29, 0.717) is 13.0 Å². The Bertz CT molecular complexity index is 2240. The number of benzene rings is 4. The number of hydrogen-bond donors (Lipinski definition) is 0. The molecule has 0 aliphatic heterocycles. The molecule has 0 N–H and O–H groups in total.